The molecule has 1 saturated carbocycles. The lowest BCUT2D eigenvalue weighted by atomic mass is 9.95. The Hall–Kier alpha value is -2.09. The first-order chi connectivity index (χ1) is 15.5. The van der Waals surface area contributed by atoms with Crippen molar-refractivity contribution in [1.82, 2.24) is 10.2 Å². The molecule has 3 rings (SSSR count). The summed E-state index contributed by atoms with van der Waals surface area (Å²) in [5, 5.41) is 3.21. The van der Waals surface area contributed by atoms with Crippen molar-refractivity contribution in [3.63, 3.8) is 0 Å². The molecule has 0 bridgehead atoms. The van der Waals surface area contributed by atoms with E-state index in [-0.39, 0.29) is 24.5 Å². The first-order valence-electron chi connectivity index (χ1n) is 11.5. The molecule has 5 nitrogen and oxygen atoms in total. The Kier molecular flexibility index (Phi) is 9.38. The number of ether oxygens (including phenoxy) is 1. The molecule has 172 valence electrons. The van der Waals surface area contributed by atoms with Gasteiger partial charge in [0.1, 0.15) is 11.8 Å². The van der Waals surface area contributed by atoms with Crippen LogP contribution >= 0.6 is 22.6 Å². The van der Waals surface area contributed by atoms with E-state index in [0.29, 0.717) is 18.7 Å². The number of nitrogens with zero attached hydrogens (tertiary/aromatic N) is 1. The minimum absolute atomic E-state index is 0.0596. The highest BCUT2D eigenvalue weighted by molar-refractivity contribution is 14.1. The molecule has 1 unspecified atom stereocenters. The van der Waals surface area contributed by atoms with Gasteiger partial charge in [-0.3, -0.25) is 9.59 Å². The fraction of sp³-hybridized carbons (Fsp3) is 0.462. The zero-order chi connectivity index (χ0) is 22.9. The van der Waals surface area contributed by atoms with E-state index in [1.54, 1.807) is 4.90 Å². The summed E-state index contributed by atoms with van der Waals surface area (Å²) in [6.45, 7) is 4.28. The molecule has 0 saturated heterocycles. The van der Waals surface area contributed by atoms with Gasteiger partial charge in [0.2, 0.25) is 5.91 Å². The Morgan fingerprint density at radius 1 is 1.09 bits per heavy atom. The third-order valence-electron chi connectivity index (χ3n) is 6.12. The van der Waals surface area contributed by atoms with Crippen molar-refractivity contribution in [3.05, 3.63) is 63.2 Å². The molecular formula is C26H33IN2O3. The van der Waals surface area contributed by atoms with Gasteiger partial charge in [-0.25, -0.2) is 0 Å². The zero-order valence-electron chi connectivity index (χ0n) is 19.0. The predicted molar refractivity (Wildman–Crippen MR) is 135 cm³/mol. The third kappa shape index (κ3) is 6.95. The lowest BCUT2D eigenvalue weighted by Gasteiger charge is -2.33. The molecule has 1 aliphatic rings. The van der Waals surface area contributed by atoms with Crippen LogP contribution in [0.2, 0.25) is 0 Å². The van der Waals surface area contributed by atoms with Gasteiger partial charge in [0, 0.05) is 16.2 Å². The van der Waals surface area contributed by atoms with Crippen LogP contribution in [0.15, 0.2) is 48.5 Å². The van der Waals surface area contributed by atoms with Gasteiger partial charge in [0.05, 0.1) is 0 Å². The largest absolute Gasteiger partial charge is 0.484 e. The Morgan fingerprint density at radius 3 is 2.44 bits per heavy atom. The van der Waals surface area contributed by atoms with E-state index in [2.05, 4.69) is 27.9 Å². The maximum absolute atomic E-state index is 13.3. The number of nitrogens with one attached hydrogen (secondary N) is 1. The van der Waals surface area contributed by atoms with E-state index in [1.807, 2.05) is 62.4 Å². The summed E-state index contributed by atoms with van der Waals surface area (Å²) in [6.07, 6.45) is 6.12. The molecule has 0 aliphatic heterocycles. The smallest absolute Gasteiger partial charge is 0.261 e. The van der Waals surface area contributed by atoms with Crippen molar-refractivity contribution in [1.29, 1.82) is 0 Å². The molecule has 0 heterocycles. The number of halogens is 1. The fourth-order valence-corrected chi connectivity index (χ4v) is 4.55. The number of benzene rings is 2. The number of hydrogen-bond donors (Lipinski definition) is 1. The van der Waals surface area contributed by atoms with Gasteiger partial charge in [-0.15, -0.1) is 0 Å². The number of hydrogen-bond acceptors (Lipinski definition) is 3. The van der Waals surface area contributed by atoms with Crippen molar-refractivity contribution in [2.75, 3.05) is 6.61 Å². The minimum atomic E-state index is -0.524. The molecule has 32 heavy (non-hydrogen) atoms. The molecular weight excluding hydrogens is 515 g/mol. The molecule has 1 aliphatic carbocycles. The van der Waals surface area contributed by atoms with Gasteiger partial charge in [0.15, 0.2) is 6.61 Å². The van der Waals surface area contributed by atoms with Crippen molar-refractivity contribution in [3.8, 4) is 5.75 Å². The average molecular weight is 548 g/mol. The summed E-state index contributed by atoms with van der Waals surface area (Å²) < 4.78 is 6.87. The van der Waals surface area contributed by atoms with Crippen LogP contribution in [0.1, 0.15) is 56.6 Å². The lowest BCUT2D eigenvalue weighted by Crippen LogP contribution is -2.52. The summed E-state index contributed by atoms with van der Waals surface area (Å²) in [6, 6.07) is 15.3. The molecule has 1 fully saturated rings. The molecule has 2 aromatic rings. The maximum atomic E-state index is 13.3. The first-order valence-corrected chi connectivity index (χ1v) is 12.6. The second-order valence-electron chi connectivity index (χ2n) is 8.46. The van der Waals surface area contributed by atoms with Crippen LogP contribution in [0, 0.1) is 10.5 Å². The monoisotopic (exact) mass is 548 g/mol. The standard InChI is InChI=1S/C26H33IN2O3/c1-3-24(26(31)28-22-11-5-4-6-12-22)29(17-20-10-8-7-9-19(20)2)25(30)18-32-23-15-13-21(27)14-16-23/h7-10,13-16,22,24H,3-6,11-12,17-18H2,1-2H3,(H,28,31). The number of rotatable bonds is 9. The van der Waals surface area contributed by atoms with Gasteiger partial charge in [-0.05, 0) is 84.2 Å². The second-order valence-corrected chi connectivity index (χ2v) is 9.70. The van der Waals surface area contributed by atoms with Gasteiger partial charge in [-0.1, -0.05) is 50.5 Å². The fourth-order valence-electron chi connectivity index (χ4n) is 4.19. The average Bonchev–Trinajstić information content (AvgIpc) is 2.80. The molecule has 2 aromatic carbocycles. The number of carbonyl (C=O) groups is 2. The third-order valence-corrected chi connectivity index (χ3v) is 6.83. The Morgan fingerprint density at radius 2 is 1.78 bits per heavy atom. The molecule has 0 aromatic heterocycles. The first kappa shape index (κ1) is 24.6. The van der Waals surface area contributed by atoms with Gasteiger partial charge >= 0.3 is 0 Å². The molecule has 0 radical (unpaired) electrons. The zero-order valence-corrected chi connectivity index (χ0v) is 21.1. The number of amides is 2. The van der Waals surface area contributed by atoms with Crippen molar-refractivity contribution < 1.29 is 14.3 Å². The number of carbonyl (C=O) groups excluding carboxylic acids is 2. The SMILES string of the molecule is CCC(C(=O)NC1CCCCC1)N(Cc1ccccc1C)C(=O)COc1ccc(I)cc1. The van der Waals surface area contributed by atoms with Crippen molar-refractivity contribution in [2.24, 2.45) is 0 Å². The van der Waals surface area contributed by atoms with Crippen molar-refractivity contribution >= 4 is 34.4 Å². The quantitative estimate of drug-likeness (QED) is 0.437. The molecule has 0 spiro atoms. The predicted octanol–water partition coefficient (Wildman–Crippen LogP) is 5.23. The summed E-state index contributed by atoms with van der Waals surface area (Å²) >= 11 is 2.23. The van der Waals surface area contributed by atoms with E-state index >= 15 is 0 Å². The molecule has 1 atom stereocenters. The topological polar surface area (TPSA) is 58.6 Å². The summed E-state index contributed by atoms with van der Waals surface area (Å²) in [5.74, 6) is 0.405. The van der Waals surface area contributed by atoms with E-state index in [9.17, 15) is 9.59 Å². The number of aryl methyl sites for hydroxylation is 1. The molecule has 1 N–H and O–H groups in total. The van der Waals surface area contributed by atoms with Crippen LogP contribution < -0.4 is 10.1 Å². The highest BCUT2D eigenvalue weighted by atomic mass is 127. The lowest BCUT2D eigenvalue weighted by molar-refractivity contribution is -0.143. The van der Waals surface area contributed by atoms with E-state index in [4.69, 9.17) is 4.74 Å². The second kappa shape index (κ2) is 12.2. The van der Waals surface area contributed by atoms with Gasteiger partial charge in [0.25, 0.3) is 5.91 Å². The minimum Gasteiger partial charge on any atom is -0.484 e. The van der Waals surface area contributed by atoms with Gasteiger partial charge in [-0.2, -0.15) is 0 Å². The summed E-state index contributed by atoms with van der Waals surface area (Å²) in [4.78, 5) is 28.2. The molecule has 6 heteroatoms. The Bertz CT molecular complexity index is 894. The van der Waals surface area contributed by atoms with Crippen molar-refractivity contribution in [2.45, 2.75) is 71.0 Å². The van der Waals surface area contributed by atoms with Crippen LogP contribution in [0.4, 0.5) is 0 Å². The molecule has 2 amide bonds. The van der Waals surface area contributed by atoms with Gasteiger partial charge < -0.3 is 15.0 Å². The van der Waals surface area contributed by atoms with E-state index < -0.39 is 6.04 Å². The Balaban J connectivity index is 1.75. The van der Waals surface area contributed by atoms with E-state index in [1.165, 1.54) is 6.42 Å². The Labute approximate surface area is 205 Å². The normalized spacial score (nSPS) is 15.1. The summed E-state index contributed by atoms with van der Waals surface area (Å²) in [7, 11) is 0. The van der Waals surface area contributed by atoms with Crippen LogP contribution in [0.5, 0.6) is 5.75 Å². The van der Waals surface area contributed by atoms with E-state index in [0.717, 1.165) is 40.4 Å². The summed E-state index contributed by atoms with van der Waals surface area (Å²) in [5.41, 5.74) is 2.14. The highest BCUT2D eigenvalue weighted by Crippen LogP contribution is 2.20. The van der Waals surface area contributed by atoms with Crippen LogP contribution in [0.25, 0.3) is 0 Å². The van der Waals surface area contributed by atoms with Crippen LogP contribution in [0.3, 0.4) is 0 Å². The van der Waals surface area contributed by atoms with Crippen LogP contribution in [-0.4, -0.2) is 35.4 Å². The highest BCUT2D eigenvalue weighted by Gasteiger charge is 2.30. The maximum Gasteiger partial charge on any atom is 0.261 e. The van der Waals surface area contributed by atoms with Crippen LogP contribution in [-0.2, 0) is 16.1 Å².